The Bertz CT molecular complexity index is 1070. The fourth-order valence-electron chi connectivity index (χ4n) is 3.35. The zero-order valence-corrected chi connectivity index (χ0v) is 19.3. The fraction of sp³-hybridized carbons (Fsp3) is 0.370. The lowest BCUT2D eigenvalue weighted by Gasteiger charge is -2.20. The maximum absolute atomic E-state index is 13.3. The lowest BCUT2D eigenvalue weighted by Crippen LogP contribution is -2.15. The molecular weight excluding hydrogens is 388 g/mol. The van der Waals surface area contributed by atoms with Crippen molar-refractivity contribution in [1.29, 1.82) is 0 Å². The summed E-state index contributed by atoms with van der Waals surface area (Å²) >= 11 is 0. The average Bonchev–Trinajstić information content (AvgIpc) is 2.72. The number of ether oxygens (including phenoxy) is 3. The normalized spacial score (nSPS) is 11.2. The molecule has 0 aromatic heterocycles. The minimum atomic E-state index is -0.453. The van der Waals surface area contributed by atoms with E-state index in [1.807, 2.05) is 50.2 Å². The maximum Gasteiger partial charge on any atom is 0.347 e. The number of fused-ring (bicyclic) bond motifs is 1. The minimum absolute atomic E-state index is 0.317. The van der Waals surface area contributed by atoms with Crippen LogP contribution in [0.25, 0.3) is 10.8 Å². The molecule has 0 bridgehead atoms. The molecule has 31 heavy (non-hydrogen) atoms. The van der Waals surface area contributed by atoms with Crippen molar-refractivity contribution in [3.63, 3.8) is 0 Å². The van der Waals surface area contributed by atoms with Gasteiger partial charge in [-0.1, -0.05) is 64.1 Å². The fourth-order valence-corrected chi connectivity index (χ4v) is 3.35. The first-order valence-electron chi connectivity index (χ1n) is 10.9. The summed E-state index contributed by atoms with van der Waals surface area (Å²) in [4.78, 5) is 13.3. The van der Waals surface area contributed by atoms with Crippen molar-refractivity contribution in [2.75, 3.05) is 13.2 Å². The second-order valence-electron chi connectivity index (χ2n) is 8.81. The van der Waals surface area contributed by atoms with Crippen LogP contribution in [0.4, 0.5) is 0 Å². The van der Waals surface area contributed by atoms with Gasteiger partial charge in [0, 0.05) is 10.8 Å². The highest BCUT2D eigenvalue weighted by Crippen LogP contribution is 2.39. The lowest BCUT2D eigenvalue weighted by molar-refractivity contribution is 0.0728. The van der Waals surface area contributed by atoms with Crippen LogP contribution in [0.5, 0.6) is 17.2 Å². The van der Waals surface area contributed by atoms with E-state index in [9.17, 15) is 4.79 Å². The Hall–Kier alpha value is -3.01. The molecule has 4 nitrogen and oxygen atoms in total. The van der Waals surface area contributed by atoms with Crippen LogP contribution in [-0.2, 0) is 0 Å². The van der Waals surface area contributed by atoms with Crippen LogP contribution in [0.15, 0.2) is 48.5 Å². The third-order valence-corrected chi connectivity index (χ3v) is 4.93. The second-order valence-corrected chi connectivity index (χ2v) is 8.81. The average molecular weight is 421 g/mol. The van der Waals surface area contributed by atoms with Crippen LogP contribution in [0.1, 0.15) is 49.2 Å². The minimum Gasteiger partial charge on any atom is -0.493 e. The number of para-hydroxylation sites is 1. The van der Waals surface area contributed by atoms with Gasteiger partial charge in [-0.05, 0) is 48.9 Å². The molecule has 0 aliphatic heterocycles. The molecule has 0 fully saturated rings. The topological polar surface area (TPSA) is 44.8 Å². The van der Waals surface area contributed by atoms with Gasteiger partial charge in [0.05, 0.1) is 13.2 Å². The van der Waals surface area contributed by atoms with E-state index in [1.165, 1.54) is 0 Å². The number of hydrogen-bond acceptors (Lipinski definition) is 4. The molecule has 0 N–H and O–H groups in total. The highest BCUT2D eigenvalue weighted by molar-refractivity contribution is 6.05. The zero-order valence-electron chi connectivity index (χ0n) is 19.3. The van der Waals surface area contributed by atoms with E-state index in [4.69, 9.17) is 14.2 Å². The highest BCUT2D eigenvalue weighted by atomic mass is 16.5. The van der Waals surface area contributed by atoms with E-state index in [-0.39, 0.29) is 0 Å². The lowest BCUT2D eigenvalue weighted by atomic mass is 10.00. The van der Waals surface area contributed by atoms with Crippen LogP contribution in [0, 0.1) is 25.7 Å². The van der Waals surface area contributed by atoms with Crippen LogP contribution < -0.4 is 14.2 Å². The van der Waals surface area contributed by atoms with Crippen molar-refractivity contribution in [3.05, 3.63) is 65.2 Å². The van der Waals surface area contributed by atoms with E-state index in [1.54, 1.807) is 12.1 Å². The SMILES string of the molecule is Cc1ccccc1OC(=O)c1cc(OCC(C)C)c2c(C)cccc2c1OCC(C)C. The van der Waals surface area contributed by atoms with E-state index < -0.39 is 5.97 Å². The molecule has 0 amide bonds. The number of aryl methyl sites for hydroxylation is 2. The number of rotatable bonds is 8. The van der Waals surface area contributed by atoms with Crippen molar-refractivity contribution in [1.82, 2.24) is 0 Å². The van der Waals surface area contributed by atoms with Crippen molar-refractivity contribution in [2.24, 2.45) is 11.8 Å². The van der Waals surface area contributed by atoms with Crippen molar-refractivity contribution >= 4 is 16.7 Å². The van der Waals surface area contributed by atoms with Crippen molar-refractivity contribution < 1.29 is 19.0 Å². The third kappa shape index (κ3) is 5.38. The predicted octanol–water partition coefficient (Wildman–Crippen LogP) is 6.75. The summed E-state index contributed by atoms with van der Waals surface area (Å²) in [6.07, 6.45) is 0. The first-order chi connectivity index (χ1) is 14.8. The maximum atomic E-state index is 13.3. The quantitative estimate of drug-likeness (QED) is 0.299. The van der Waals surface area contributed by atoms with Gasteiger partial charge in [-0.3, -0.25) is 0 Å². The first-order valence-corrected chi connectivity index (χ1v) is 10.9. The highest BCUT2D eigenvalue weighted by Gasteiger charge is 2.23. The second kappa shape index (κ2) is 9.86. The molecule has 0 unspecified atom stereocenters. The molecule has 0 saturated carbocycles. The summed E-state index contributed by atoms with van der Waals surface area (Å²) in [7, 11) is 0. The van der Waals surface area contributed by atoms with Gasteiger partial charge in [-0.2, -0.15) is 0 Å². The Kier molecular flexibility index (Phi) is 7.21. The summed E-state index contributed by atoms with van der Waals surface area (Å²) in [5.41, 5.74) is 2.35. The molecule has 0 atom stereocenters. The summed E-state index contributed by atoms with van der Waals surface area (Å²) in [6, 6.07) is 15.2. The molecule has 0 saturated heterocycles. The Morgan fingerprint density at radius 3 is 2.13 bits per heavy atom. The molecule has 164 valence electrons. The van der Waals surface area contributed by atoms with Crippen molar-refractivity contribution in [2.45, 2.75) is 41.5 Å². The van der Waals surface area contributed by atoms with Gasteiger partial charge in [0.15, 0.2) is 0 Å². The standard InChI is InChI=1S/C27H32O4/c1-17(2)15-29-24-14-22(27(28)31-23-13-8-7-10-19(23)5)26(30-16-18(3)4)21-12-9-11-20(6)25(21)24/h7-14,17-18H,15-16H2,1-6H3. The predicted molar refractivity (Wildman–Crippen MR) is 125 cm³/mol. The number of esters is 1. The molecule has 3 aromatic rings. The molecule has 0 radical (unpaired) electrons. The van der Waals surface area contributed by atoms with E-state index in [0.29, 0.717) is 47.9 Å². The zero-order chi connectivity index (χ0) is 22.5. The largest absolute Gasteiger partial charge is 0.493 e. The molecule has 3 rings (SSSR count). The third-order valence-electron chi connectivity index (χ3n) is 4.93. The summed E-state index contributed by atoms with van der Waals surface area (Å²) in [5, 5.41) is 1.83. The van der Waals surface area contributed by atoms with Crippen LogP contribution in [0.2, 0.25) is 0 Å². The smallest absolute Gasteiger partial charge is 0.347 e. The monoisotopic (exact) mass is 420 g/mol. The molecular formula is C27H32O4. The van der Waals surface area contributed by atoms with E-state index in [0.717, 1.165) is 21.9 Å². The Morgan fingerprint density at radius 2 is 1.45 bits per heavy atom. The Labute approximate surface area is 185 Å². The Balaban J connectivity index is 2.15. The number of carbonyl (C=O) groups is 1. The van der Waals surface area contributed by atoms with Gasteiger partial charge in [-0.15, -0.1) is 0 Å². The van der Waals surface area contributed by atoms with Gasteiger partial charge < -0.3 is 14.2 Å². The molecule has 0 spiro atoms. The number of benzene rings is 3. The number of carbonyl (C=O) groups excluding carboxylic acids is 1. The van der Waals surface area contributed by atoms with Gasteiger partial charge in [-0.25, -0.2) is 4.79 Å². The van der Waals surface area contributed by atoms with E-state index >= 15 is 0 Å². The van der Waals surface area contributed by atoms with E-state index in [2.05, 4.69) is 27.7 Å². The number of hydrogen-bond donors (Lipinski definition) is 0. The molecule has 3 aromatic carbocycles. The van der Waals surface area contributed by atoms with Gasteiger partial charge in [0.25, 0.3) is 0 Å². The summed E-state index contributed by atoms with van der Waals surface area (Å²) in [6.45, 7) is 13.4. The molecule has 4 heteroatoms. The van der Waals surface area contributed by atoms with Crippen LogP contribution in [-0.4, -0.2) is 19.2 Å². The van der Waals surface area contributed by atoms with Gasteiger partial charge in [0.1, 0.15) is 22.8 Å². The van der Waals surface area contributed by atoms with Crippen LogP contribution >= 0.6 is 0 Å². The molecule has 0 heterocycles. The van der Waals surface area contributed by atoms with Gasteiger partial charge >= 0.3 is 5.97 Å². The molecule has 0 aliphatic carbocycles. The molecule has 0 aliphatic rings. The summed E-state index contributed by atoms with van der Waals surface area (Å²) < 4.78 is 18.1. The Morgan fingerprint density at radius 1 is 0.806 bits per heavy atom. The van der Waals surface area contributed by atoms with Crippen LogP contribution in [0.3, 0.4) is 0 Å². The van der Waals surface area contributed by atoms with Crippen molar-refractivity contribution in [3.8, 4) is 17.2 Å². The summed E-state index contributed by atoms with van der Waals surface area (Å²) in [5.74, 6) is 1.98. The first kappa shape index (κ1) is 22.7. The van der Waals surface area contributed by atoms with Gasteiger partial charge in [0.2, 0.25) is 0 Å².